The zero-order valence-electron chi connectivity index (χ0n) is 26.5. The Bertz CT molecular complexity index is 385. The molecule has 0 rings (SSSR count). The molecule has 0 saturated heterocycles. The highest BCUT2D eigenvalue weighted by molar-refractivity contribution is 4.61. The van der Waals surface area contributed by atoms with Crippen molar-refractivity contribution in [3.8, 4) is 0 Å². The summed E-state index contributed by atoms with van der Waals surface area (Å²) in [6.45, 7) is 12.1. The van der Waals surface area contributed by atoms with Crippen LogP contribution in [0, 0.1) is 17.8 Å². The van der Waals surface area contributed by atoms with Crippen LogP contribution in [0.5, 0.6) is 0 Å². The van der Waals surface area contributed by atoms with Crippen LogP contribution < -0.4 is 0 Å². The van der Waals surface area contributed by atoms with Gasteiger partial charge in [-0.15, -0.1) is 0 Å². The predicted molar refractivity (Wildman–Crippen MR) is 168 cm³/mol. The second kappa shape index (κ2) is 29.6. The average molecular weight is 507 g/mol. The third-order valence-electron chi connectivity index (χ3n) is 8.89. The van der Waals surface area contributed by atoms with Crippen molar-refractivity contribution in [2.75, 3.05) is 0 Å². The Morgan fingerprint density at radius 3 is 0.694 bits per heavy atom. The summed E-state index contributed by atoms with van der Waals surface area (Å²) in [4.78, 5) is 0. The fourth-order valence-electron chi connectivity index (χ4n) is 6.02. The van der Waals surface area contributed by atoms with E-state index in [9.17, 15) is 0 Å². The van der Waals surface area contributed by atoms with Gasteiger partial charge in [0.15, 0.2) is 0 Å². The van der Waals surface area contributed by atoms with Gasteiger partial charge in [-0.05, 0) is 17.8 Å². The minimum absolute atomic E-state index is 0.944. The van der Waals surface area contributed by atoms with Gasteiger partial charge in [0.2, 0.25) is 0 Å². The van der Waals surface area contributed by atoms with Crippen molar-refractivity contribution >= 4 is 0 Å². The number of hydrogen-bond acceptors (Lipinski definition) is 0. The zero-order valence-corrected chi connectivity index (χ0v) is 26.5. The molecule has 0 radical (unpaired) electrons. The summed E-state index contributed by atoms with van der Waals surface area (Å²) in [5, 5.41) is 0. The molecule has 3 unspecified atom stereocenters. The van der Waals surface area contributed by atoms with Crippen LogP contribution in [0.3, 0.4) is 0 Å². The molecule has 0 heteroatoms. The molecule has 0 bridgehead atoms. The first-order valence-electron chi connectivity index (χ1n) is 17.6. The van der Waals surface area contributed by atoms with Crippen molar-refractivity contribution < 1.29 is 0 Å². The van der Waals surface area contributed by atoms with E-state index in [0.717, 1.165) is 17.8 Å². The van der Waals surface area contributed by atoms with Gasteiger partial charge in [0, 0.05) is 0 Å². The van der Waals surface area contributed by atoms with Gasteiger partial charge in [0.25, 0.3) is 0 Å². The Labute approximate surface area is 232 Å². The Morgan fingerprint density at radius 2 is 0.444 bits per heavy atom. The summed E-state index contributed by atoms with van der Waals surface area (Å²) in [5.41, 5.74) is 0. The highest BCUT2D eigenvalue weighted by atomic mass is 14.1. The lowest BCUT2D eigenvalue weighted by Gasteiger charge is -2.16. The fraction of sp³-hybridized carbons (Fsp3) is 1.00. The van der Waals surface area contributed by atoms with E-state index in [0.29, 0.717) is 0 Å². The molecule has 0 heterocycles. The van der Waals surface area contributed by atoms with E-state index in [1.54, 1.807) is 0 Å². The molecular formula is C36H74. The quantitative estimate of drug-likeness (QED) is 0.0849. The molecule has 0 amide bonds. The summed E-state index contributed by atoms with van der Waals surface area (Å²) in [5.74, 6) is 2.85. The van der Waals surface area contributed by atoms with Crippen LogP contribution in [0.4, 0.5) is 0 Å². The summed E-state index contributed by atoms with van der Waals surface area (Å²) in [6.07, 6.45) is 41.0. The Kier molecular flexibility index (Phi) is 29.6. The maximum Gasteiger partial charge on any atom is -0.0443 e. The van der Waals surface area contributed by atoms with Gasteiger partial charge in [-0.1, -0.05) is 214 Å². The number of hydrogen-bond donors (Lipinski definition) is 0. The van der Waals surface area contributed by atoms with Crippen LogP contribution in [0.1, 0.15) is 214 Å². The van der Waals surface area contributed by atoms with Gasteiger partial charge in [-0.2, -0.15) is 0 Å². The third kappa shape index (κ3) is 28.6. The van der Waals surface area contributed by atoms with Crippen LogP contribution in [-0.4, -0.2) is 0 Å². The van der Waals surface area contributed by atoms with Crippen molar-refractivity contribution in [1.82, 2.24) is 0 Å². The molecule has 0 aliphatic heterocycles. The standard InChI is InChI=1S/C36H74/c1-6-8-10-12-14-16-17-18-19-21-23-25-29-35(4)31-27-33-36(5)32-26-30-34(3)28-24-22-20-15-13-11-9-7-2/h34-36H,6-33H2,1-5H3. The van der Waals surface area contributed by atoms with E-state index in [2.05, 4.69) is 34.6 Å². The molecular weight excluding hydrogens is 432 g/mol. The maximum atomic E-state index is 2.51. The van der Waals surface area contributed by atoms with Crippen molar-refractivity contribution in [3.05, 3.63) is 0 Å². The second-order valence-electron chi connectivity index (χ2n) is 13.1. The fourth-order valence-corrected chi connectivity index (χ4v) is 6.02. The van der Waals surface area contributed by atoms with E-state index in [1.165, 1.54) is 180 Å². The van der Waals surface area contributed by atoms with Crippen molar-refractivity contribution in [3.63, 3.8) is 0 Å². The SMILES string of the molecule is CCCCCCCCCCCCCCC(C)CCCC(C)CCCC(C)CCCCCCCCCC. The van der Waals surface area contributed by atoms with E-state index >= 15 is 0 Å². The molecule has 0 aliphatic carbocycles. The normalized spacial score (nSPS) is 14.2. The second-order valence-corrected chi connectivity index (χ2v) is 13.1. The molecule has 36 heavy (non-hydrogen) atoms. The topological polar surface area (TPSA) is 0 Å². The van der Waals surface area contributed by atoms with Gasteiger partial charge < -0.3 is 0 Å². The number of rotatable bonds is 30. The first-order valence-corrected chi connectivity index (χ1v) is 17.6. The molecule has 0 saturated carbocycles. The Hall–Kier alpha value is 0. The highest BCUT2D eigenvalue weighted by Crippen LogP contribution is 2.23. The van der Waals surface area contributed by atoms with E-state index in [-0.39, 0.29) is 0 Å². The molecule has 0 aromatic heterocycles. The molecule has 218 valence electrons. The molecule has 3 atom stereocenters. The first kappa shape index (κ1) is 36.0. The smallest absolute Gasteiger partial charge is 0.0443 e. The Morgan fingerprint density at radius 1 is 0.250 bits per heavy atom. The molecule has 0 aliphatic rings. The predicted octanol–water partition coefficient (Wildman–Crippen LogP) is 13.9. The molecule has 0 N–H and O–H groups in total. The van der Waals surface area contributed by atoms with E-state index in [1.807, 2.05) is 0 Å². The molecule has 0 fully saturated rings. The van der Waals surface area contributed by atoms with Gasteiger partial charge in [-0.3, -0.25) is 0 Å². The highest BCUT2D eigenvalue weighted by Gasteiger charge is 2.08. The summed E-state index contributed by atoms with van der Waals surface area (Å²) < 4.78 is 0. The van der Waals surface area contributed by atoms with Gasteiger partial charge in [0.1, 0.15) is 0 Å². The van der Waals surface area contributed by atoms with E-state index < -0.39 is 0 Å². The molecule has 0 spiro atoms. The largest absolute Gasteiger partial charge is 0.0654 e. The Balaban J connectivity index is 3.38. The number of unbranched alkanes of at least 4 members (excludes halogenated alkanes) is 18. The van der Waals surface area contributed by atoms with Crippen LogP contribution in [0.25, 0.3) is 0 Å². The minimum atomic E-state index is 0.944. The van der Waals surface area contributed by atoms with Crippen LogP contribution >= 0.6 is 0 Å². The van der Waals surface area contributed by atoms with Gasteiger partial charge in [-0.25, -0.2) is 0 Å². The summed E-state index contributed by atoms with van der Waals surface area (Å²) in [6, 6.07) is 0. The molecule has 0 aromatic rings. The maximum absolute atomic E-state index is 2.51. The van der Waals surface area contributed by atoms with Crippen molar-refractivity contribution in [2.45, 2.75) is 214 Å². The van der Waals surface area contributed by atoms with Crippen LogP contribution in [0.2, 0.25) is 0 Å². The van der Waals surface area contributed by atoms with Crippen molar-refractivity contribution in [2.24, 2.45) is 17.8 Å². The minimum Gasteiger partial charge on any atom is -0.0654 e. The zero-order chi connectivity index (χ0) is 26.5. The van der Waals surface area contributed by atoms with Crippen LogP contribution in [-0.2, 0) is 0 Å². The molecule has 0 aromatic carbocycles. The monoisotopic (exact) mass is 507 g/mol. The lowest BCUT2D eigenvalue weighted by Crippen LogP contribution is -2.01. The lowest BCUT2D eigenvalue weighted by atomic mass is 9.90. The van der Waals surface area contributed by atoms with Crippen LogP contribution in [0.15, 0.2) is 0 Å². The summed E-state index contributed by atoms with van der Waals surface area (Å²) in [7, 11) is 0. The third-order valence-corrected chi connectivity index (χ3v) is 8.89. The molecule has 0 nitrogen and oxygen atoms in total. The van der Waals surface area contributed by atoms with E-state index in [4.69, 9.17) is 0 Å². The summed E-state index contributed by atoms with van der Waals surface area (Å²) >= 11 is 0. The first-order chi connectivity index (χ1) is 17.6. The van der Waals surface area contributed by atoms with Gasteiger partial charge >= 0.3 is 0 Å². The van der Waals surface area contributed by atoms with Gasteiger partial charge in [0.05, 0.1) is 0 Å². The average Bonchev–Trinajstić information content (AvgIpc) is 2.86. The van der Waals surface area contributed by atoms with Crippen molar-refractivity contribution in [1.29, 1.82) is 0 Å². The lowest BCUT2D eigenvalue weighted by molar-refractivity contribution is 0.373.